The van der Waals surface area contributed by atoms with E-state index in [1.54, 1.807) is 6.92 Å². The summed E-state index contributed by atoms with van der Waals surface area (Å²) in [4.78, 5) is 7.88. The molecule has 0 bridgehead atoms. The van der Waals surface area contributed by atoms with E-state index in [1.165, 1.54) is 25.2 Å². The van der Waals surface area contributed by atoms with Gasteiger partial charge < -0.3 is 9.84 Å². The number of ether oxygens (including phenoxy) is 1. The fourth-order valence-corrected chi connectivity index (χ4v) is 2.08. The van der Waals surface area contributed by atoms with Crippen molar-refractivity contribution in [2.24, 2.45) is 0 Å². The largest absolute Gasteiger partial charge is 0.491 e. The molecule has 0 aliphatic carbocycles. The monoisotopic (exact) mass is 248 g/mol. The van der Waals surface area contributed by atoms with Gasteiger partial charge >= 0.3 is 0 Å². The van der Waals surface area contributed by atoms with Gasteiger partial charge in [0.25, 0.3) is 0 Å². The zero-order valence-corrected chi connectivity index (χ0v) is 10.3. The molecule has 0 saturated heterocycles. The quantitative estimate of drug-likeness (QED) is 0.653. The van der Waals surface area contributed by atoms with Gasteiger partial charge in [0.15, 0.2) is 10.9 Å². The molecular weight excluding hydrogens is 236 g/mol. The molecule has 1 aromatic rings. The zero-order valence-electron chi connectivity index (χ0n) is 8.77. The molecule has 0 spiro atoms. The number of hydrogen-bond acceptors (Lipinski definition) is 5. The minimum absolute atomic E-state index is 0.0184. The van der Waals surface area contributed by atoms with Crippen LogP contribution in [0, 0.1) is 0 Å². The van der Waals surface area contributed by atoms with Gasteiger partial charge in [-0.05, 0) is 6.92 Å². The second kappa shape index (κ2) is 5.53. The van der Waals surface area contributed by atoms with Gasteiger partial charge in [-0.25, -0.2) is 9.97 Å². The van der Waals surface area contributed by atoms with Crippen LogP contribution >= 0.6 is 23.4 Å². The van der Waals surface area contributed by atoms with Gasteiger partial charge in [-0.3, -0.25) is 0 Å². The Kier molecular flexibility index (Phi) is 4.63. The van der Waals surface area contributed by atoms with E-state index in [4.69, 9.17) is 16.3 Å². The minimum atomic E-state index is -0.423. The highest BCUT2D eigenvalue weighted by Gasteiger charge is 2.16. The summed E-state index contributed by atoms with van der Waals surface area (Å²) in [5.74, 6) is 0.455. The summed E-state index contributed by atoms with van der Waals surface area (Å²) in [5.41, 5.74) is 0. The van der Waals surface area contributed by atoms with Crippen LogP contribution in [0.4, 0.5) is 0 Å². The number of aliphatic hydroxyl groups excluding tert-OH is 1. The number of rotatable bonds is 4. The molecule has 1 rings (SSSR count). The fraction of sp³-hybridized carbons (Fsp3) is 0.556. The minimum Gasteiger partial charge on any atom is -0.491 e. The number of nitrogens with zero attached hydrogens (tertiary/aromatic N) is 2. The van der Waals surface area contributed by atoms with Gasteiger partial charge in [-0.2, -0.15) is 0 Å². The van der Waals surface area contributed by atoms with Crippen molar-refractivity contribution in [3.63, 3.8) is 0 Å². The summed E-state index contributed by atoms with van der Waals surface area (Å²) in [7, 11) is 1.52. The fourth-order valence-electron chi connectivity index (χ4n) is 0.868. The topological polar surface area (TPSA) is 55.2 Å². The van der Waals surface area contributed by atoms with Crippen LogP contribution in [0.2, 0.25) is 5.15 Å². The maximum atomic E-state index is 9.38. The maximum Gasteiger partial charge on any atom is 0.188 e. The third-order valence-electron chi connectivity index (χ3n) is 1.91. The van der Waals surface area contributed by atoms with E-state index < -0.39 is 6.10 Å². The standard InChI is InChI=1S/C9H13ClN2O2S/c1-5(13)6(2)15-9-7(14-3)8(10)11-4-12-9/h4-6,13H,1-3H3. The lowest BCUT2D eigenvalue weighted by Gasteiger charge is -2.15. The molecule has 4 nitrogen and oxygen atoms in total. The van der Waals surface area contributed by atoms with Crippen molar-refractivity contribution >= 4 is 23.4 Å². The van der Waals surface area contributed by atoms with E-state index in [0.29, 0.717) is 10.8 Å². The SMILES string of the molecule is COc1c(Cl)ncnc1SC(C)C(C)O. The lowest BCUT2D eigenvalue weighted by molar-refractivity contribution is 0.196. The molecule has 1 aromatic heterocycles. The molecule has 6 heteroatoms. The lowest BCUT2D eigenvalue weighted by Crippen LogP contribution is -2.15. The molecule has 2 unspecified atom stereocenters. The predicted molar refractivity (Wildman–Crippen MR) is 60.6 cm³/mol. The molecule has 1 heterocycles. The Balaban J connectivity index is 2.89. The van der Waals surface area contributed by atoms with Gasteiger partial charge in [-0.1, -0.05) is 30.3 Å². The Bertz CT molecular complexity index is 336. The summed E-state index contributed by atoms with van der Waals surface area (Å²) in [6, 6.07) is 0. The number of hydrogen-bond donors (Lipinski definition) is 1. The van der Waals surface area contributed by atoms with Crippen molar-refractivity contribution in [3.05, 3.63) is 11.5 Å². The van der Waals surface area contributed by atoms with Crippen molar-refractivity contribution in [1.29, 1.82) is 0 Å². The van der Waals surface area contributed by atoms with E-state index >= 15 is 0 Å². The van der Waals surface area contributed by atoms with Crippen molar-refractivity contribution < 1.29 is 9.84 Å². The molecule has 2 atom stereocenters. The molecule has 15 heavy (non-hydrogen) atoms. The lowest BCUT2D eigenvalue weighted by atomic mass is 10.3. The molecule has 0 amide bonds. The van der Waals surface area contributed by atoms with Crippen LogP contribution in [0.3, 0.4) is 0 Å². The van der Waals surface area contributed by atoms with E-state index in [9.17, 15) is 5.11 Å². The highest BCUT2D eigenvalue weighted by Crippen LogP contribution is 2.34. The van der Waals surface area contributed by atoms with Crippen molar-refractivity contribution in [1.82, 2.24) is 9.97 Å². The number of methoxy groups -OCH3 is 1. The Labute approximate surface area is 98.0 Å². The molecule has 0 radical (unpaired) electrons. The molecule has 1 N–H and O–H groups in total. The van der Waals surface area contributed by atoms with Gasteiger partial charge in [0.2, 0.25) is 0 Å². The Morgan fingerprint density at radius 1 is 1.47 bits per heavy atom. The summed E-state index contributed by atoms with van der Waals surface area (Å²) in [6.45, 7) is 3.64. The first-order valence-electron chi connectivity index (χ1n) is 4.45. The van der Waals surface area contributed by atoms with Crippen LogP contribution in [0.5, 0.6) is 5.75 Å². The average Bonchev–Trinajstić information content (AvgIpc) is 2.18. The third-order valence-corrected chi connectivity index (χ3v) is 3.46. The van der Waals surface area contributed by atoms with Gasteiger partial charge in [0, 0.05) is 5.25 Å². The zero-order chi connectivity index (χ0) is 11.4. The molecule has 84 valence electrons. The molecule has 0 fully saturated rings. The second-order valence-corrected chi connectivity index (χ2v) is 4.79. The summed E-state index contributed by atoms with van der Waals surface area (Å²) >= 11 is 7.25. The highest BCUT2D eigenvalue weighted by molar-refractivity contribution is 8.00. The number of halogens is 1. The van der Waals surface area contributed by atoms with Gasteiger partial charge in [0.1, 0.15) is 11.4 Å². The van der Waals surface area contributed by atoms with E-state index in [2.05, 4.69) is 9.97 Å². The first kappa shape index (κ1) is 12.5. The predicted octanol–water partition coefficient (Wildman–Crippen LogP) is 2.00. The summed E-state index contributed by atoms with van der Waals surface area (Å²) < 4.78 is 5.10. The summed E-state index contributed by atoms with van der Waals surface area (Å²) in [6.07, 6.45) is 0.954. The molecule has 0 saturated carbocycles. The molecule has 0 aromatic carbocycles. The molecule has 0 aliphatic rings. The van der Waals surface area contributed by atoms with Crippen LogP contribution in [0.15, 0.2) is 11.4 Å². The Morgan fingerprint density at radius 2 is 2.13 bits per heavy atom. The molecule has 0 aliphatic heterocycles. The van der Waals surface area contributed by atoms with Crippen LogP contribution in [0.25, 0.3) is 0 Å². The Morgan fingerprint density at radius 3 is 2.67 bits per heavy atom. The van der Waals surface area contributed by atoms with Gasteiger partial charge in [0.05, 0.1) is 13.2 Å². The van der Waals surface area contributed by atoms with Crippen LogP contribution < -0.4 is 4.74 Å². The first-order valence-corrected chi connectivity index (χ1v) is 5.71. The summed E-state index contributed by atoms with van der Waals surface area (Å²) in [5, 5.41) is 10.3. The van der Waals surface area contributed by atoms with Crippen molar-refractivity contribution in [2.45, 2.75) is 30.2 Å². The number of aliphatic hydroxyl groups is 1. The van der Waals surface area contributed by atoms with E-state index in [0.717, 1.165) is 0 Å². The van der Waals surface area contributed by atoms with E-state index in [1.807, 2.05) is 6.92 Å². The number of aromatic nitrogens is 2. The smallest absolute Gasteiger partial charge is 0.188 e. The third kappa shape index (κ3) is 3.22. The highest BCUT2D eigenvalue weighted by atomic mass is 35.5. The average molecular weight is 249 g/mol. The maximum absolute atomic E-state index is 9.38. The first-order chi connectivity index (χ1) is 7.06. The van der Waals surface area contributed by atoms with Crippen LogP contribution in [-0.2, 0) is 0 Å². The van der Waals surface area contributed by atoms with Crippen LogP contribution in [0.1, 0.15) is 13.8 Å². The van der Waals surface area contributed by atoms with Crippen LogP contribution in [-0.4, -0.2) is 33.5 Å². The number of thioether (sulfide) groups is 1. The Hall–Kier alpha value is -0.520. The molecular formula is C9H13ClN2O2S. The van der Waals surface area contributed by atoms with Gasteiger partial charge in [-0.15, -0.1) is 0 Å². The van der Waals surface area contributed by atoms with Crippen molar-refractivity contribution in [2.75, 3.05) is 7.11 Å². The normalized spacial score (nSPS) is 14.7. The van der Waals surface area contributed by atoms with Crippen molar-refractivity contribution in [3.8, 4) is 5.75 Å². The second-order valence-electron chi connectivity index (χ2n) is 3.07. The van der Waals surface area contributed by atoms with E-state index in [-0.39, 0.29) is 10.4 Å².